The number of hydrogen-bond acceptors (Lipinski definition) is 3. The summed E-state index contributed by atoms with van der Waals surface area (Å²) in [6.07, 6.45) is 1.25. The van der Waals surface area contributed by atoms with Crippen LogP contribution in [-0.2, 0) is 6.54 Å². The van der Waals surface area contributed by atoms with Crippen LogP contribution in [-0.4, -0.2) is 35.4 Å². The third-order valence-electron chi connectivity index (χ3n) is 13.8. The lowest BCUT2D eigenvalue weighted by Crippen LogP contribution is -2.29. The van der Waals surface area contributed by atoms with Crippen molar-refractivity contribution in [1.82, 2.24) is 9.47 Å². The van der Waals surface area contributed by atoms with Gasteiger partial charge in [0.15, 0.2) is 0 Å². The molecule has 0 saturated heterocycles. The van der Waals surface area contributed by atoms with Crippen molar-refractivity contribution in [3.63, 3.8) is 0 Å². The van der Waals surface area contributed by atoms with Crippen molar-refractivity contribution in [2.24, 2.45) is 9.98 Å². The third-order valence-corrected chi connectivity index (χ3v) is 13.8. The predicted octanol–water partition coefficient (Wildman–Crippen LogP) is 18.1. The van der Waals surface area contributed by atoms with E-state index in [1.807, 2.05) is 31.3 Å². The minimum atomic E-state index is 0.566. The Kier molecular flexibility index (Phi) is 12.2. The van der Waals surface area contributed by atoms with Gasteiger partial charge in [0.2, 0.25) is 5.96 Å². The molecule has 0 fully saturated rings. The lowest BCUT2D eigenvalue weighted by molar-refractivity contribution is 0.502. The van der Waals surface area contributed by atoms with E-state index in [1.165, 1.54) is 12.0 Å². The van der Waals surface area contributed by atoms with E-state index in [0.29, 0.717) is 12.5 Å². The summed E-state index contributed by atoms with van der Waals surface area (Å²) in [4.78, 5) is 12.9. The molecule has 10 aromatic carbocycles. The molecule has 0 saturated carbocycles. The zero-order chi connectivity index (χ0) is 50.1. The SMILES string of the molecule is CCC.CN=C(/N=C(/c1ccc2c(c1)oc1ccccc12)N(C)Cc1ccccc1)n1c2ccc(-c3ccccc3)cc2c2cccc(-c3cccc(-c4cccc(-c5ccc6oc7ccccc7c6c5)c4)c3)c21. The fraction of sp³-hybridized carbons (Fsp3) is 0.0882. The van der Waals surface area contributed by atoms with Gasteiger partial charge in [0.1, 0.15) is 28.2 Å². The van der Waals surface area contributed by atoms with E-state index in [4.69, 9.17) is 18.8 Å². The second-order valence-corrected chi connectivity index (χ2v) is 18.9. The highest BCUT2D eigenvalue weighted by Gasteiger charge is 2.22. The van der Waals surface area contributed by atoms with Gasteiger partial charge in [0.25, 0.3) is 0 Å². The third kappa shape index (κ3) is 8.50. The number of fused-ring (bicyclic) bond motifs is 9. The van der Waals surface area contributed by atoms with E-state index in [2.05, 4.69) is 237 Å². The van der Waals surface area contributed by atoms with Gasteiger partial charge in [0.05, 0.1) is 11.0 Å². The van der Waals surface area contributed by atoms with Gasteiger partial charge in [-0.2, -0.15) is 4.99 Å². The summed E-state index contributed by atoms with van der Waals surface area (Å²) in [5, 5.41) is 6.63. The van der Waals surface area contributed by atoms with Gasteiger partial charge in [-0.05, 0) is 105 Å². The highest BCUT2D eigenvalue weighted by Crippen LogP contribution is 2.40. The number of furan rings is 2. The maximum Gasteiger partial charge on any atom is 0.231 e. The standard InChI is InChI=1S/C65H46N4O2.C3H8/c1-66-65(67-64(68(2)41-42-16-5-3-6-17-42)50-30-33-54-52-24-9-11-28-59(52)71-62(54)40-50)69-58-34-31-47(43-18-7-4-8-19-43)38-56(58)55-27-15-26-51(63(55)69)49-23-14-22-46(37-49)44-20-13-21-45(36-44)48-32-35-61-57(39-48)53-25-10-12-29-60(53)70-61;1-3-2/h3-40H,41H2,1-2H3;3H2,1-2H3/b66-65?,67-64-;. The molecule has 0 bridgehead atoms. The predicted molar refractivity (Wildman–Crippen MR) is 311 cm³/mol. The van der Waals surface area contributed by atoms with Crippen molar-refractivity contribution in [3.8, 4) is 44.5 Å². The van der Waals surface area contributed by atoms with Crippen LogP contribution in [0.25, 0.3) is 110 Å². The molecule has 0 N–H and O–H groups in total. The van der Waals surface area contributed by atoms with Crippen LogP contribution in [0.4, 0.5) is 0 Å². The first-order valence-corrected chi connectivity index (χ1v) is 25.4. The number of para-hydroxylation sites is 3. The second-order valence-electron chi connectivity index (χ2n) is 18.9. The molecule has 0 aliphatic heterocycles. The maximum absolute atomic E-state index is 6.46. The molecule has 0 atom stereocenters. The van der Waals surface area contributed by atoms with Crippen molar-refractivity contribution in [3.05, 3.63) is 242 Å². The lowest BCUT2D eigenvalue weighted by Gasteiger charge is -2.23. The van der Waals surface area contributed by atoms with Gasteiger partial charge in [0, 0.05) is 64.1 Å². The van der Waals surface area contributed by atoms with E-state index in [0.717, 1.165) is 122 Å². The second kappa shape index (κ2) is 19.7. The van der Waals surface area contributed by atoms with Crippen LogP contribution in [0.1, 0.15) is 31.4 Å². The minimum Gasteiger partial charge on any atom is -0.456 e. The Morgan fingerprint density at radius 2 is 0.946 bits per heavy atom. The van der Waals surface area contributed by atoms with Crippen molar-refractivity contribution in [2.75, 3.05) is 14.1 Å². The molecule has 13 rings (SSSR count). The van der Waals surface area contributed by atoms with E-state index >= 15 is 0 Å². The van der Waals surface area contributed by atoms with E-state index in [1.54, 1.807) is 0 Å². The Bertz CT molecular complexity index is 4250. The summed E-state index contributed by atoms with van der Waals surface area (Å²) in [5.41, 5.74) is 16.6. The molecule has 358 valence electrons. The van der Waals surface area contributed by atoms with Gasteiger partial charge in [-0.25, -0.2) is 0 Å². The summed E-state index contributed by atoms with van der Waals surface area (Å²) in [6.45, 7) is 4.89. The Labute approximate surface area is 430 Å². The average molecular weight is 959 g/mol. The van der Waals surface area contributed by atoms with Gasteiger partial charge in [-0.1, -0.05) is 190 Å². The first kappa shape index (κ1) is 45.9. The molecule has 0 aliphatic rings. The van der Waals surface area contributed by atoms with Crippen molar-refractivity contribution in [1.29, 1.82) is 0 Å². The summed E-state index contributed by atoms with van der Waals surface area (Å²) in [5.74, 6) is 1.34. The molecule has 3 heterocycles. The topological polar surface area (TPSA) is 59.2 Å². The van der Waals surface area contributed by atoms with Crippen LogP contribution in [0.3, 0.4) is 0 Å². The largest absolute Gasteiger partial charge is 0.456 e. The number of amidine groups is 1. The van der Waals surface area contributed by atoms with Crippen LogP contribution in [0.15, 0.2) is 249 Å². The fourth-order valence-electron chi connectivity index (χ4n) is 10.4. The van der Waals surface area contributed by atoms with Gasteiger partial charge < -0.3 is 13.7 Å². The van der Waals surface area contributed by atoms with E-state index < -0.39 is 0 Å². The first-order valence-electron chi connectivity index (χ1n) is 25.4. The maximum atomic E-state index is 6.46. The molecule has 0 unspecified atom stereocenters. The number of nitrogens with zero attached hydrogens (tertiary/aromatic N) is 4. The number of rotatable bonds is 7. The Balaban J connectivity index is 0.00000181. The number of hydrogen-bond donors (Lipinski definition) is 0. The van der Waals surface area contributed by atoms with Gasteiger partial charge in [-0.3, -0.25) is 9.56 Å². The molecule has 0 radical (unpaired) electrons. The Morgan fingerprint density at radius 1 is 0.432 bits per heavy atom. The number of aliphatic imine (C=N–C) groups is 2. The van der Waals surface area contributed by atoms with Crippen LogP contribution in [0.5, 0.6) is 0 Å². The first-order chi connectivity index (χ1) is 36.5. The summed E-state index contributed by atoms with van der Waals surface area (Å²) < 4.78 is 14.9. The van der Waals surface area contributed by atoms with Crippen molar-refractivity contribution >= 4 is 77.5 Å². The molecular formula is C68H54N4O2. The number of aromatic nitrogens is 1. The van der Waals surface area contributed by atoms with Crippen molar-refractivity contribution in [2.45, 2.75) is 26.8 Å². The quantitative estimate of drug-likeness (QED) is 0.118. The Hall–Kier alpha value is -9.26. The van der Waals surface area contributed by atoms with Crippen LogP contribution in [0.2, 0.25) is 0 Å². The molecule has 74 heavy (non-hydrogen) atoms. The molecule has 0 aliphatic carbocycles. The molecule has 0 amide bonds. The lowest BCUT2D eigenvalue weighted by atomic mass is 9.95. The molecular weight excluding hydrogens is 905 g/mol. The molecule has 13 aromatic rings. The average Bonchev–Trinajstić information content (AvgIpc) is 4.14. The van der Waals surface area contributed by atoms with Crippen LogP contribution < -0.4 is 0 Å². The smallest absolute Gasteiger partial charge is 0.231 e. The number of benzene rings is 10. The van der Waals surface area contributed by atoms with E-state index in [-0.39, 0.29) is 0 Å². The van der Waals surface area contributed by atoms with Gasteiger partial charge >= 0.3 is 0 Å². The monoisotopic (exact) mass is 958 g/mol. The highest BCUT2D eigenvalue weighted by molar-refractivity contribution is 6.20. The zero-order valence-electron chi connectivity index (χ0n) is 42.0. The van der Waals surface area contributed by atoms with Crippen LogP contribution >= 0.6 is 0 Å². The molecule has 3 aromatic heterocycles. The Morgan fingerprint density at radius 3 is 1.66 bits per heavy atom. The molecule has 6 heteroatoms. The summed E-state index contributed by atoms with van der Waals surface area (Å²) in [7, 11) is 3.94. The summed E-state index contributed by atoms with van der Waals surface area (Å²) >= 11 is 0. The minimum absolute atomic E-state index is 0.566. The highest BCUT2D eigenvalue weighted by atomic mass is 16.3. The zero-order valence-corrected chi connectivity index (χ0v) is 42.0. The van der Waals surface area contributed by atoms with E-state index in [9.17, 15) is 0 Å². The molecule has 0 spiro atoms. The fourth-order valence-corrected chi connectivity index (χ4v) is 10.4. The van der Waals surface area contributed by atoms with Gasteiger partial charge in [-0.15, -0.1) is 0 Å². The normalized spacial score (nSPS) is 12.1. The van der Waals surface area contributed by atoms with Crippen molar-refractivity contribution < 1.29 is 8.83 Å². The molecule has 6 nitrogen and oxygen atoms in total. The van der Waals surface area contributed by atoms with Crippen LogP contribution in [0, 0.1) is 0 Å². The summed E-state index contributed by atoms with van der Waals surface area (Å²) in [6, 6.07) is 81.5.